The molecule has 0 fully saturated rings. The van der Waals surface area contributed by atoms with Gasteiger partial charge in [-0.1, -0.05) is 11.6 Å². The molecule has 0 spiro atoms. The standard InChI is InChI=1S/C14H14BrNO2S/c1-9-3-4-13(17)12(5-9)14(18)16(2)7-11-6-10(15)8-19-11/h3-6,8,17H,7H2,1-2H3. The molecule has 1 aromatic heterocycles. The van der Waals surface area contributed by atoms with Crippen LogP contribution in [0.5, 0.6) is 5.75 Å². The first-order chi connectivity index (χ1) is 8.97. The lowest BCUT2D eigenvalue weighted by atomic mass is 10.1. The number of benzene rings is 1. The predicted octanol–water partition coefficient (Wildman–Crippen LogP) is 3.80. The van der Waals surface area contributed by atoms with Crippen molar-refractivity contribution < 1.29 is 9.90 Å². The summed E-state index contributed by atoms with van der Waals surface area (Å²) >= 11 is 4.99. The van der Waals surface area contributed by atoms with Gasteiger partial charge in [0.1, 0.15) is 5.75 Å². The summed E-state index contributed by atoms with van der Waals surface area (Å²) in [6.45, 7) is 2.43. The monoisotopic (exact) mass is 339 g/mol. The van der Waals surface area contributed by atoms with Crippen molar-refractivity contribution in [1.82, 2.24) is 4.90 Å². The zero-order valence-corrected chi connectivity index (χ0v) is 13.1. The number of carbonyl (C=O) groups excluding carboxylic acids is 1. The highest BCUT2D eigenvalue weighted by atomic mass is 79.9. The van der Waals surface area contributed by atoms with Crippen molar-refractivity contribution in [3.8, 4) is 5.75 Å². The van der Waals surface area contributed by atoms with Crippen LogP contribution in [0.1, 0.15) is 20.8 Å². The lowest BCUT2D eigenvalue weighted by Crippen LogP contribution is -2.25. The van der Waals surface area contributed by atoms with Crippen LogP contribution in [-0.2, 0) is 6.54 Å². The number of phenolic OH excluding ortho intramolecular Hbond substituents is 1. The first kappa shape index (κ1) is 14.1. The van der Waals surface area contributed by atoms with E-state index in [-0.39, 0.29) is 11.7 Å². The number of amides is 1. The largest absolute Gasteiger partial charge is 0.507 e. The molecule has 0 aliphatic carbocycles. The van der Waals surface area contributed by atoms with Crippen molar-refractivity contribution in [3.63, 3.8) is 0 Å². The van der Waals surface area contributed by atoms with Gasteiger partial charge >= 0.3 is 0 Å². The Balaban J connectivity index is 2.16. The molecule has 2 rings (SSSR count). The molecule has 0 bridgehead atoms. The van der Waals surface area contributed by atoms with Crippen LogP contribution in [0.2, 0.25) is 0 Å². The van der Waals surface area contributed by atoms with Crippen LogP contribution in [-0.4, -0.2) is 23.0 Å². The van der Waals surface area contributed by atoms with Gasteiger partial charge in [0.15, 0.2) is 0 Å². The molecule has 3 nitrogen and oxygen atoms in total. The predicted molar refractivity (Wildman–Crippen MR) is 80.7 cm³/mol. The molecular formula is C14H14BrNO2S. The highest BCUT2D eigenvalue weighted by Crippen LogP contribution is 2.23. The Morgan fingerprint density at radius 2 is 2.16 bits per heavy atom. The van der Waals surface area contributed by atoms with E-state index in [0.29, 0.717) is 12.1 Å². The van der Waals surface area contributed by atoms with Crippen LogP contribution >= 0.6 is 27.3 Å². The van der Waals surface area contributed by atoms with Crippen molar-refractivity contribution in [2.24, 2.45) is 0 Å². The number of nitrogens with zero attached hydrogens (tertiary/aromatic N) is 1. The summed E-state index contributed by atoms with van der Waals surface area (Å²) < 4.78 is 1.02. The molecule has 0 saturated carbocycles. The Bertz CT molecular complexity index is 609. The quantitative estimate of drug-likeness (QED) is 0.923. The molecule has 0 aliphatic rings. The summed E-state index contributed by atoms with van der Waals surface area (Å²) in [6.07, 6.45) is 0. The van der Waals surface area contributed by atoms with Gasteiger partial charge in [-0.05, 0) is 41.1 Å². The van der Waals surface area contributed by atoms with Gasteiger partial charge < -0.3 is 10.0 Å². The molecule has 0 unspecified atom stereocenters. The molecule has 5 heteroatoms. The maximum Gasteiger partial charge on any atom is 0.257 e. The Morgan fingerprint density at radius 1 is 1.42 bits per heavy atom. The summed E-state index contributed by atoms with van der Waals surface area (Å²) in [5.74, 6) is -0.152. The topological polar surface area (TPSA) is 40.5 Å². The molecule has 0 atom stereocenters. The third-order valence-corrected chi connectivity index (χ3v) is 4.43. The van der Waals surface area contributed by atoms with Crippen molar-refractivity contribution >= 4 is 33.2 Å². The molecule has 2 aromatic rings. The highest BCUT2D eigenvalue weighted by Gasteiger charge is 2.16. The Hall–Kier alpha value is -1.33. The molecule has 1 N–H and O–H groups in total. The first-order valence-corrected chi connectivity index (χ1v) is 7.42. The van der Waals surface area contributed by atoms with Gasteiger partial charge in [-0.15, -0.1) is 11.3 Å². The zero-order chi connectivity index (χ0) is 14.0. The van der Waals surface area contributed by atoms with Gasteiger partial charge in [0.2, 0.25) is 0 Å². The maximum atomic E-state index is 12.3. The van der Waals surface area contributed by atoms with E-state index in [1.807, 2.05) is 18.4 Å². The molecule has 1 amide bonds. The molecular weight excluding hydrogens is 326 g/mol. The van der Waals surface area contributed by atoms with Gasteiger partial charge in [-0.25, -0.2) is 0 Å². The molecule has 0 aliphatic heterocycles. The number of thiophene rings is 1. The Kier molecular flexibility index (Phi) is 4.27. The Morgan fingerprint density at radius 3 is 2.79 bits per heavy atom. The van der Waals surface area contributed by atoms with Crippen molar-refractivity contribution in [2.45, 2.75) is 13.5 Å². The molecule has 1 heterocycles. The lowest BCUT2D eigenvalue weighted by molar-refractivity contribution is 0.0783. The van der Waals surface area contributed by atoms with Crippen LogP contribution < -0.4 is 0 Å². The zero-order valence-electron chi connectivity index (χ0n) is 10.7. The van der Waals surface area contributed by atoms with Crippen molar-refractivity contribution in [3.05, 3.63) is 50.1 Å². The number of hydrogen-bond donors (Lipinski definition) is 1. The number of hydrogen-bond acceptors (Lipinski definition) is 3. The van der Waals surface area contributed by atoms with Crippen LogP contribution in [0.3, 0.4) is 0 Å². The number of phenols is 1. The summed E-state index contributed by atoms with van der Waals surface area (Å²) in [7, 11) is 1.73. The van der Waals surface area contributed by atoms with Crippen molar-refractivity contribution in [2.75, 3.05) is 7.05 Å². The van der Waals surface area contributed by atoms with Crippen LogP contribution in [0.25, 0.3) is 0 Å². The molecule has 1 aromatic carbocycles. The van der Waals surface area contributed by atoms with Crippen LogP contribution in [0.15, 0.2) is 34.1 Å². The third kappa shape index (κ3) is 3.36. The molecule has 100 valence electrons. The van der Waals surface area contributed by atoms with Gasteiger partial charge in [-0.2, -0.15) is 0 Å². The van der Waals surface area contributed by atoms with E-state index in [1.54, 1.807) is 41.5 Å². The van der Waals surface area contributed by atoms with Gasteiger partial charge in [-0.3, -0.25) is 4.79 Å². The van der Waals surface area contributed by atoms with E-state index >= 15 is 0 Å². The lowest BCUT2D eigenvalue weighted by Gasteiger charge is -2.17. The average Bonchev–Trinajstić information content (AvgIpc) is 2.77. The Labute approximate surface area is 124 Å². The van der Waals surface area contributed by atoms with E-state index in [9.17, 15) is 9.90 Å². The maximum absolute atomic E-state index is 12.3. The fourth-order valence-corrected chi connectivity index (χ4v) is 3.27. The van der Waals surface area contributed by atoms with E-state index in [2.05, 4.69) is 15.9 Å². The summed E-state index contributed by atoms with van der Waals surface area (Å²) in [6, 6.07) is 7.03. The van der Waals surface area contributed by atoms with E-state index in [0.717, 1.165) is 14.9 Å². The fraction of sp³-hybridized carbons (Fsp3) is 0.214. The SMILES string of the molecule is Cc1ccc(O)c(C(=O)N(C)Cc2cc(Br)cs2)c1. The normalized spacial score (nSPS) is 10.5. The number of aromatic hydroxyl groups is 1. The number of aryl methyl sites for hydroxylation is 1. The van der Waals surface area contributed by atoms with Gasteiger partial charge in [0.05, 0.1) is 12.1 Å². The van der Waals surface area contributed by atoms with Crippen LogP contribution in [0, 0.1) is 6.92 Å². The van der Waals surface area contributed by atoms with E-state index < -0.39 is 0 Å². The average molecular weight is 340 g/mol. The minimum atomic E-state index is -0.175. The highest BCUT2D eigenvalue weighted by molar-refractivity contribution is 9.10. The molecule has 19 heavy (non-hydrogen) atoms. The first-order valence-electron chi connectivity index (χ1n) is 5.75. The van der Waals surface area contributed by atoms with Crippen LogP contribution in [0.4, 0.5) is 0 Å². The second-order valence-corrected chi connectivity index (χ2v) is 6.32. The second-order valence-electron chi connectivity index (χ2n) is 4.41. The summed E-state index contributed by atoms with van der Waals surface area (Å²) in [4.78, 5) is 15.0. The van der Waals surface area contributed by atoms with E-state index in [4.69, 9.17) is 0 Å². The van der Waals surface area contributed by atoms with E-state index in [1.165, 1.54) is 0 Å². The number of halogens is 1. The minimum absolute atomic E-state index is 0.0230. The number of carbonyl (C=O) groups is 1. The smallest absolute Gasteiger partial charge is 0.257 e. The third-order valence-electron chi connectivity index (χ3n) is 2.74. The number of rotatable bonds is 3. The molecule has 0 radical (unpaired) electrons. The van der Waals surface area contributed by atoms with Crippen molar-refractivity contribution in [1.29, 1.82) is 0 Å². The second kappa shape index (κ2) is 5.75. The summed E-state index contributed by atoms with van der Waals surface area (Å²) in [5, 5.41) is 11.8. The van der Waals surface area contributed by atoms with Gasteiger partial charge in [0, 0.05) is 21.8 Å². The summed E-state index contributed by atoms with van der Waals surface area (Å²) in [5.41, 5.74) is 1.30. The molecule has 0 saturated heterocycles. The van der Waals surface area contributed by atoms with Gasteiger partial charge in [0.25, 0.3) is 5.91 Å². The fourth-order valence-electron chi connectivity index (χ4n) is 1.77. The minimum Gasteiger partial charge on any atom is -0.507 e.